The van der Waals surface area contributed by atoms with Crippen molar-refractivity contribution < 1.29 is 117 Å². The van der Waals surface area contributed by atoms with Crippen LogP contribution < -0.4 is 21.3 Å². The van der Waals surface area contributed by atoms with Gasteiger partial charge < -0.3 is 69.2 Å². The van der Waals surface area contributed by atoms with E-state index in [0.29, 0.717) is 51.4 Å². The van der Waals surface area contributed by atoms with Crippen LogP contribution in [0.3, 0.4) is 0 Å². The van der Waals surface area contributed by atoms with Gasteiger partial charge in [-0.3, -0.25) is 69.2 Å². The summed E-state index contributed by atoms with van der Waals surface area (Å²) in [5.41, 5.74) is 2.14. The van der Waals surface area contributed by atoms with Crippen LogP contribution in [0.25, 0.3) is 0 Å². The average molecular weight is 1750 g/mol. The molecule has 0 spiro atoms. The summed E-state index contributed by atoms with van der Waals surface area (Å²) in [4.78, 5) is 178. The summed E-state index contributed by atoms with van der Waals surface area (Å²) in [7, 11) is 0. The number of thioether (sulfide) groups is 2. The number of hydrogen-bond donors (Lipinski definition) is 10. The highest BCUT2D eigenvalue weighted by atomic mass is 32.2. The van der Waals surface area contributed by atoms with E-state index in [1.54, 1.807) is 74.1 Å². The van der Waals surface area contributed by atoms with Crippen LogP contribution in [0, 0.1) is 23.7 Å². The van der Waals surface area contributed by atoms with E-state index in [9.17, 15) is 97.8 Å². The minimum atomic E-state index is -1.13. The van der Waals surface area contributed by atoms with Crippen LogP contribution in [0.4, 0.5) is 0 Å². The smallest absolute Gasteiger partial charge is 0.326 e. The number of nitrogens with one attached hydrogen (secondary N) is 4. The molecule has 2 aromatic rings. The summed E-state index contributed by atoms with van der Waals surface area (Å²) >= 11 is 2.37. The summed E-state index contributed by atoms with van der Waals surface area (Å²) in [6, 6.07) is 9.50. The Bertz CT molecular complexity index is 3810. The normalized spacial score (nSPS) is 25.6. The van der Waals surface area contributed by atoms with Gasteiger partial charge in [0.2, 0.25) is 23.6 Å². The largest absolute Gasteiger partial charge is 0.480 e. The molecule has 680 valence electrons. The molecular formula is C88H132N8O24S2. The van der Waals surface area contributed by atoms with E-state index < -0.39 is 131 Å². The van der Waals surface area contributed by atoms with E-state index >= 15 is 0 Å². The standard InChI is InChI=1S/C24H34N2O5.C22H36N2O7S.C22H30N2O5.C20H32N2O7S/c1-3-31-24(30)19(14-13-17-9-5-4-6-10-17)25-16(2)22(27)26-20-12-8-7-11-18(20)15-21(26)23(28)29;1-5-30-21(28)14(4)32-12-16(22(29)31-6-2)23-13(3)19(25)24-17-10-8-7-9-15(17)11-18(24)20(26)27;1-14(23-17(21(26)27)12-11-15-7-3-2-4-8-15)20(25)24-18-10-6-5-9-16(18)13-19(24)22(28)29;1-4-29-20(28)12(3)30-10-14(18(24)25)21-11(2)17(23)22-15-8-6-5-7-13(15)9-16(22)19(26)27/h4-6,9-10,16,18-21,25H,3,7-8,11-15H2,1-2H3,(H,28,29);13-18,23H,5-12H2,1-4H3,(H,26,27);2-4,7-8,14,16-19,23H,5-6,9-13H2,1H3,(H,26,27)(H,28,29);11-16,21H,4-10H2,1-3H3,(H,24,25)(H,26,27)/t16-,18-,19-,20-,21-;13-,14?,15-,16-,17-,18-;14-,16-,17-,18-,19-;11-,12?,13-,14-,15-,16-/m0000/s1. The van der Waals surface area contributed by atoms with Gasteiger partial charge in [-0.25, -0.2) is 19.2 Å². The fourth-order valence-corrected chi connectivity index (χ4v) is 20.7. The van der Waals surface area contributed by atoms with Crippen LogP contribution in [0.1, 0.15) is 222 Å². The molecule has 2 unspecified atom stereocenters. The van der Waals surface area contributed by atoms with Gasteiger partial charge in [0, 0.05) is 35.7 Å². The van der Waals surface area contributed by atoms with E-state index in [4.69, 9.17) is 18.9 Å². The molecule has 8 fully saturated rings. The summed E-state index contributed by atoms with van der Waals surface area (Å²) in [5, 5.41) is 68.7. The molecule has 2 aromatic carbocycles. The zero-order valence-electron chi connectivity index (χ0n) is 72.3. The number of likely N-dealkylation sites (tertiary alicyclic amines) is 4. The van der Waals surface area contributed by atoms with Gasteiger partial charge in [-0.05, 0) is 207 Å². The van der Waals surface area contributed by atoms with Crippen molar-refractivity contribution in [2.45, 2.75) is 331 Å². The van der Waals surface area contributed by atoms with Crippen molar-refractivity contribution in [3.63, 3.8) is 0 Å². The van der Waals surface area contributed by atoms with E-state index in [-0.39, 0.29) is 121 Å². The van der Waals surface area contributed by atoms with Crippen LogP contribution in [0.2, 0.25) is 0 Å². The minimum absolute atomic E-state index is 0.0167. The molecule has 0 bridgehead atoms. The van der Waals surface area contributed by atoms with Gasteiger partial charge in [0.1, 0.15) is 48.3 Å². The molecule has 8 aliphatic rings. The third-order valence-electron chi connectivity index (χ3n) is 24.9. The number of fused-ring (bicyclic) bond motifs is 4. The van der Waals surface area contributed by atoms with Crippen molar-refractivity contribution in [2.75, 3.05) is 37.9 Å². The Labute approximate surface area is 724 Å². The molecule has 32 nitrogen and oxygen atoms in total. The highest BCUT2D eigenvalue weighted by Crippen LogP contribution is 2.44. The van der Waals surface area contributed by atoms with Crippen molar-refractivity contribution >= 4 is 107 Å². The van der Waals surface area contributed by atoms with Gasteiger partial charge in [0.05, 0.1) is 61.1 Å². The number of aryl methyl sites for hydroxylation is 2. The Kier molecular flexibility index (Phi) is 41.2. The van der Waals surface area contributed by atoms with Gasteiger partial charge in [-0.15, -0.1) is 23.5 Å². The molecule has 4 aliphatic heterocycles. The highest BCUT2D eigenvalue weighted by molar-refractivity contribution is 8.00. The van der Waals surface area contributed by atoms with Crippen LogP contribution in [-0.2, 0) is 98.9 Å². The average Bonchev–Trinajstić information content (AvgIpc) is 1.65. The number of esters is 4. The third kappa shape index (κ3) is 28.3. The monoisotopic (exact) mass is 1750 g/mol. The molecule has 10 rings (SSSR count). The van der Waals surface area contributed by atoms with Crippen LogP contribution in [-0.4, -0.2) is 279 Å². The van der Waals surface area contributed by atoms with Crippen LogP contribution in [0.5, 0.6) is 0 Å². The molecule has 10 N–H and O–H groups in total. The molecule has 0 radical (unpaired) electrons. The Hall–Kier alpha value is -8.44. The van der Waals surface area contributed by atoms with Crippen LogP contribution >= 0.6 is 23.5 Å². The lowest BCUT2D eigenvalue weighted by atomic mass is 9.84. The molecule has 34 heteroatoms. The van der Waals surface area contributed by atoms with Gasteiger partial charge >= 0.3 is 59.7 Å². The lowest BCUT2D eigenvalue weighted by Gasteiger charge is -2.35. The zero-order valence-corrected chi connectivity index (χ0v) is 74.0. The summed E-state index contributed by atoms with van der Waals surface area (Å²) in [5.74, 6) is -7.82. The van der Waals surface area contributed by atoms with E-state index in [1.807, 2.05) is 60.7 Å². The molecule has 4 amide bonds. The number of carboxylic acid groups (broad SMARTS) is 6. The first-order valence-corrected chi connectivity index (χ1v) is 45.9. The maximum Gasteiger partial charge on any atom is 0.326 e. The first kappa shape index (κ1) is 101. The molecule has 0 aromatic heterocycles. The van der Waals surface area contributed by atoms with Gasteiger partial charge in [-0.1, -0.05) is 112 Å². The predicted octanol–water partition coefficient (Wildman–Crippen LogP) is 8.24. The number of hydrogen-bond acceptors (Lipinski definition) is 24. The number of rotatable bonds is 38. The molecular weight excluding hydrogens is 1620 g/mol. The minimum Gasteiger partial charge on any atom is -0.480 e. The SMILES string of the molecule is CCOC(=O)C(C)SC[C@H](N[C@@H](C)C(=O)N1[C@H](C(=O)O)C[C@@H]2CCCC[C@@H]21)C(=O)O.CCOC(=O)C(C)SC[C@H](N[C@@H](C)C(=O)N1[C@H](C(=O)O)C[C@@H]2CCCC[C@@H]21)C(=O)OCC.CCOC(=O)[C@H](CCc1ccccc1)N[C@@H](C)C(=O)N1[C@H](C(=O)O)C[C@@H]2CCCC[C@@H]21.C[C@H](N[C@@H](CCc1ccccc1)C(=O)O)C(=O)N1[C@H](C(=O)O)C[C@@H]2CCCC[C@@H]21. The number of amides is 4. The maximum absolute atomic E-state index is 13.4. The molecule has 4 saturated heterocycles. The topological polar surface area (TPSA) is 458 Å². The number of carbonyl (C=O) groups is 14. The Morgan fingerprint density at radius 2 is 0.590 bits per heavy atom. The second-order valence-electron chi connectivity index (χ2n) is 33.2. The van der Waals surface area contributed by atoms with Gasteiger partial charge in [-0.2, -0.15) is 0 Å². The Morgan fingerprint density at radius 1 is 0.344 bits per heavy atom. The second-order valence-corrected chi connectivity index (χ2v) is 36.0. The maximum atomic E-state index is 13.4. The highest BCUT2D eigenvalue weighted by Gasteiger charge is 2.53. The van der Waals surface area contributed by atoms with Crippen molar-refractivity contribution in [3.8, 4) is 0 Å². The molecule has 122 heavy (non-hydrogen) atoms. The molecule has 4 saturated carbocycles. The third-order valence-corrected chi connectivity index (χ3v) is 27.4. The van der Waals surface area contributed by atoms with Crippen molar-refractivity contribution in [1.82, 2.24) is 40.9 Å². The first-order chi connectivity index (χ1) is 58.2. The summed E-state index contributed by atoms with van der Waals surface area (Å²) in [6.07, 6.45) is 19.3. The van der Waals surface area contributed by atoms with E-state index in [1.165, 1.54) is 26.5 Å². The van der Waals surface area contributed by atoms with Crippen LogP contribution in [0.15, 0.2) is 60.7 Å². The predicted molar refractivity (Wildman–Crippen MR) is 455 cm³/mol. The zero-order chi connectivity index (χ0) is 89.6. The van der Waals surface area contributed by atoms with Gasteiger partial charge in [0.25, 0.3) is 0 Å². The summed E-state index contributed by atoms with van der Waals surface area (Å²) < 4.78 is 20.3. The second kappa shape index (κ2) is 49.9. The Morgan fingerprint density at radius 3 is 0.877 bits per heavy atom. The van der Waals surface area contributed by atoms with Gasteiger partial charge in [0.15, 0.2) is 0 Å². The number of nitrogens with zero attached hydrogens (tertiary/aromatic N) is 4. The fraction of sp³-hybridized carbons (Fsp3) is 0.705. The lowest BCUT2D eigenvalue weighted by molar-refractivity contribution is -0.152. The molecule has 4 aliphatic carbocycles. The van der Waals surface area contributed by atoms with Crippen molar-refractivity contribution in [1.29, 1.82) is 0 Å². The lowest BCUT2D eigenvalue weighted by Crippen LogP contribution is -2.56. The van der Waals surface area contributed by atoms with Crippen molar-refractivity contribution in [2.24, 2.45) is 23.7 Å². The number of carboxylic acids is 6. The van der Waals surface area contributed by atoms with E-state index in [2.05, 4.69) is 21.3 Å². The number of carbonyl (C=O) groups excluding carboxylic acids is 8. The number of benzene rings is 2. The molecule has 4 heterocycles. The fourth-order valence-electron chi connectivity index (χ4n) is 18.8. The quantitative estimate of drug-likeness (QED) is 0.0223. The Balaban J connectivity index is 0.000000224. The summed E-state index contributed by atoms with van der Waals surface area (Å²) in [6.45, 7) is 17.7. The van der Waals surface area contributed by atoms with E-state index in [0.717, 1.165) is 126 Å². The number of aliphatic carboxylic acids is 6. The first-order valence-electron chi connectivity index (χ1n) is 43.8. The number of ether oxygens (including phenoxy) is 4. The van der Waals surface area contributed by atoms with Crippen molar-refractivity contribution in [3.05, 3.63) is 71.8 Å². The molecule has 22 atom stereocenters.